The summed E-state index contributed by atoms with van der Waals surface area (Å²) in [7, 11) is 0. The van der Waals surface area contributed by atoms with E-state index in [2.05, 4.69) is 24.1 Å². The zero-order chi connectivity index (χ0) is 17.4. The van der Waals surface area contributed by atoms with Gasteiger partial charge in [0.2, 0.25) is 0 Å². The molecular formula is C20H33ClN2O2. The Morgan fingerprint density at radius 3 is 2.32 bits per heavy atom. The van der Waals surface area contributed by atoms with Crippen molar-refractivity contribution in [1.29, 1.82) is 0 Å². The summed E-state index contributed by atoms with van der Waals surface area (Å²) in [5.41, 5.74) is 1.76. The summed E-state index contributed by atoms with van der Waals surface area (Å²) in [6.07, 6.45) is 6.35. The zero-order valence-corrected chi connectivity index (χ0v) is 16.6. The molecule has 0 heterocycles. The number of hydrogen-bond acceptors (Lipinski definition) is 4. The summed E-state index contributed by atoms with van der Waals surface area (Å²) in [5, 5.41) is 3.53. The van der Waals surface area contributed by atoms with Crippen molar-refractivity contribution in [3.8, 4) is 0 Å². The lowest BCUT2D eigenvalue weighted by Gasteiger charge is -2.24. The molecule has 0 radical (unpaired) electrons. The fourth-order valence-corrected chi connectivity index (χ4v) is 3.33. The van der Waals surface area contributed by atoms with Gasteiger partial charge >= 0.3 is 5.97 Å². The van der Waals surface area contributed by atoms with Crippen LogP contribution in [0.2, 0.25) is 0 Å². The van der Waals surface area contributed by atoms with Gasteiger partial charge in [0.15, 0.2) is 0 Å². The fourth-order valence-electron chi connectivity index (χ4n) is 3.33. The Morgan fingerprint density at radius 2 is 1.76 bits per heavy atom. The van der Waals surface area contributed by atoms with Crippen molar-refractivity contribution < 1.29 is 9.53 Å². The van der Waals surface area contributed by atoms with Crippen LogP contribution in [-0.2, 0) is 4.74 Å². The summed E-state index contributed by atoms with van der Waals surface area (Å²) < 4.78 is 5.57. The van der Waals surface area contributed by atoms with E-state index >= 15 is 0 Å². The second-order valence-electron chi connectivity index (χ2n) is 6.68. The predicted octanol–water partition coefficient (Wildman–Crippen LogP) is 4.42. The second-order valence-corrected chi connectivity index (χ2v) is 6.68. The lowest BCUT2D eigenvalue weighted by Crippen LogP contribution is -2.37. The number of esters is 1. The van der Waals surface area contributed by atoms with Crippen LogP contribution in [-0.4, -0.2) is 37.7 Å². The van der Waals surface area contributed by atoms with Crippen molar-refractivity contribution in [3.05, 3.63) is 29.8 Å². The second kappa shape index (κ2) is 11.4. The van der Waals surface area contributed by atoms with Crippen molar-refractivity contribution in [2.45, 2.75) is 65.0 Å². The molecule has 2 rings (SSSR count). The van der Waals surface area contributed by atoms with Gasteiger partial charge in [-0.2, -0.15) is 0 Å². The van der Waals surface area contributed by atoms with Crippen LogP contribution in [0, 0.1) is 0 Å². The third kappa shape index (κ3) is 6.87. The molecule has 1 aromatic carbocycles. The van der Waals surface area contributed by atoms with E-state index in [-0.39, 0.29) is 24.5 Å². The molecule has 1 unspecified atom stereocenters. The molecule has 1 atom stereocenters. The van der Waals surface area contributed by atoms with E-state index in [0.717, 1.165) is 25.3 Å². The molecule has 0 amide bonds. The molecule has 1 aliphatic rings. The van der Waals surface area contributed by atoms with Gasteiger partial charge in [-0.25, -0.2) is 4.79 Å². The van der Waals surface area contributed by atoms with Crippen LogP contribution in [0.3, 0.4) is 0 Å². The van der Waals surface area contributed by atoms with E-state index in [1.54, 1.807) is 0 Å². The molecule has 1 aromatic rings. The fraction of sp³-hybridized carbons (Fsp3) is 0.650. The first kappa shape index (κ1) is 21.8. The van der Waals surface area contributed by atoms with Crippen molar-refractivity contribution in [2.75, 3.05) is 24.5 Å². The first-order valence-electron chi connectivity index (χ1n) is 9.43. The Bertz CT molecular complexity index is 497. The number of hydrogen-bond donors (Lipinski definition) is 1. The third-order valence-electron chi connectivity index (χ3n) is 4.84. The first-order chi connectivity index (χ1) is 11.6. The number of halogens is 1. The van der Waals surface area contributed by atoms with Crippen LogP contribution in [0.15, 0.2) is 24.3 Å². The molecule has 142 valence electrons. The molecule has 25 heavy (non-hydrogen) atoms. The van der Waals surface area contributed by atoms with E-state index in [4.69, 9.17) is 4.74 Å². The van der Waals surface area contributed by atoms with E-state index in [9.17, 15) is 4.79 Å². The van der Waals surface area contributed by atoms with Gasteiger partial charge in [0.05, 0.1) is 5.56 Å². The number of nitrogens with one attached hydrogen (secondary N) is 1. The van der Waals surface area contributed by atoms with Crippen LogP contribution in [0.4, 0.5) is 5.69 Å². The highest BCUT2D eigenvalue weighted by Gasteiger charge is 2.16. The van der Waals surface area contributed by atoms with E-state index < -0.39 is 0 Å². The average molecular weight is 369 g/mol. The number of nitrogens with zero attached hydrogens (tertiary/aromatic N) is 1. The predicted molar refractivity (Wildman–Crippen MR) is 107 cm³/mol. The highest BCUT2D eigenvalue weighted by molar-refractivity contribution is 5.90. The Kier molecular flexibility index (Phi) is 9.91. The SMILES string of the molecule is CCN(CC)c1ccc(C(=O)OC(C)CNC2CCCCC2)cc1.Cl. The van der Waals surface area contributed by atoms with Crippen molar-refractivity contribution in [3.63, 3.8) is 0 Å². The largest absolute Gasteiger partial charge is 0.458 e. The number of carbonyl (C=O) groups excluding carboxylic acids is 1. The van der Waals surface area contributed by atoms with Gasteiger partial charge in [-0.1, -0.05) is 19.3 Å². The molecular weight excluding hydrogens is 336 g/mol. The number of carbonyl (C=O) groups is 1. The summed E-state index contributed by atoms with van der Waals surface area (Å²) in [6, 6.07) is 8.30. The average Bonchev–Trinajstić information content (AvgIpc) is 2.62. The van der Waals surface area contributed by atoms with Crippen LogP contribution in [0.1, 0.15) is 63.2 Å². The van der Waals surface area contributed by atoms with E-state index in [1.165, 1.54) is 32.1 Å². The number of anilines is 1. The normalized spacial score (nSPS) is 16.0. The Balaban J connectivity index is 0.00000312. The summed E-state index contributed by atoms with van der Waals surface area (Å²) in [4.78, 5) is 14.5. The van der Waals surface area contributed by atoms with Crippen molar-refractivity contribution in [2.24, 2.45) is 0 Å². The maximum atomic E-state index is 12.3. The van der Waals surface area contributed by atoms with Gasteiger partial charge in [-0.05, 0) is 57.9 Å². The summed E-state index contributed by atoms with van der Waals surface area (Å²) in [6.45, 7) is 8.87. The quantitative estimate of drug-likeness (QED) is 0.689. The molecule has 0 spiro atoms. The zero-order valence-electron chi connectivity index (χ0n) is 15.8. The topological polar surface area (TPSA) is 41.6 Å². The van der Waals surface area contributed by atoms with E-state index in [0.29, 0.717) is 11.6 Å². The maximum Gasteiger partial charge on any atom is 0.338 e. The Morgan fingerprint density at radius 1 is 1.16 bits per heavy atom. The first-order valence-corrected chi connectivity index (χ1v) is 9.43. The minimum absolute atomic E-state index is 0. The van der Waals surface area contributed by atoms with Gasteiger partial charge in [-0.15, -0.1) is 12.4 Å². The molecule has 1 N–H and O–H groups in total. The molecule has 0 bridgehead atoms. The molecule has 5 heteroatoms. The Hall–Kier alpha value is -1.26. The monoisotopic (exact) mass is 368 g/mol. The molecule has 1 fully saturated rings. The molecule has 0 saturated heterocycles. The number of rotatable bonds is 8. The lowest BCUT2D eigenvalue weighted by atomic mass is 9.95. The molecule has 1 saturated carbocycles. The van der Waals surface area contributed by atoms with Crippen molar-refractivity contribution in [1.82, 2.24) is 5.32 Å². The lowest BCUT2D eigenvalue weighted by molar-refractivity contribution is 0.0334. The Labute approximate surface area is 158 Å². The molecule has 1 aliphatic carbocycles. The minimum atomic E-state index is -0.237. The number of ether oxygens (including phenoxy) is 1. The smallest absolute Gasteiger partial charge is 0.338 e. The highest BCUT2D eigenvalue weighted by Crippen LogP contribution is 2.18. The summed E-state index contributed by atoms with van der Waals surface area (Å²) >= 11 is 0. The van der Waals surface area contributed by atoms with Crippen molar-refractivity contribution >= 4 is 24.1 Å². The van der Waals surface area contributed by atoms with Gasteiger partial charge in [-0.3, -0.25) is 0 Å². The van der Waals surface area contributed by atoms with Gasteiger partial charge in [0.25, 0.3) is 0 Å². The highest BCUT2D eigenvalue weighted by atomic mass is 35.5. The standard InChI is InChI=1S/C20H32N2O2.ClH/c1-4-22(5-2)19-13-11-17(12-14-19)20(23)24-16(3)15-21-18-9-7-6-8-10-18;/h11-14,16,18,21H,4-10,15H2,1-3H3;1H. The summed E-state index contributed by atoms with van der Waals surface area (Å²) in [5.74, 6) is -0.237. The van der Waals surface area contributed by atoms with E-state index in [1.807, 2.05) is 31.2 Å². The third-order valence-corrected chi connectivity index (χ3v) is 4.84. The minimum Gasteiger partial charge on any atom is -0.458 e. The maximum absolute atomic E-state index is 12.3. The molecule has 0 aromatic heterocycles. The van der Waals surface area contributed by atoms with Gasteiger partial charge < -0.3 is 15.0 Å². The molecule has 4 nitrogen and oxygen atoms in total. The number of benzene rings is 1. The van der Waals surface area contributed by atoms with Gasteiger partial charge in [0, 0.05) is 31.4 Å². The van der Waals surface area contributed by atoms with Crippen LogP contribution >= 0.6 is 12.4 Å². The molecule has 0 aliphatic heterocycles. The van der Waals surface area contributed by atoms with Crippen LogP contribution in [0.25, 0.3) is 0 Å². The van der Waals surface area contributed by atoms with Crippen LogP contribution < -0.4 is 10.2 Å². The van der Waals surface area contributed by atoms with Gasteiger partial charge in [0.1, 0.15) is 6.10 Å². The van der Waals surface area contributed by atoms with Crippen LogP contribution in [0.5, 0.6) is 0 Å².